The summed E-state index contributed by atoms with van der Waals surface area (Å²) in [5.41, 5.74) is 0.120. The van der Waals surface area contributed by atoms with Crippen molar-refractivity contribution in [1.82, 2.24) is 0 Å². The zero-order valence-corrected chi connectivity index (χ0v) is 4.71. The summed E-state index contributed by atoms with van der Waals surface area (Å²) in [7, 11) is 0. The van der Waals surface area contributed by atoms with E-state index in [-0.39, 0.29) is 11.6 Å². The molecule has 0 saturated carbocycles. The maximum Gasteiger partial charge on any atom is 0.116 e. The first kappa shape index (κ1) is 7.23. The van der Waals surface area contributed by atoms with Crippen molar-refractivity contribution in [2.24, 2.45) is 10.3 Å². The van der Waals surface area contributed by atoms with E-state index in [0.717, 1.165) is 6.21 Å². The number of alkyl halides is 1. The summed E-state index contributed by atoms with van der Waals surface area (Å²) in [6.07, 6.45) is 0.951. The lowest BCUT2D eigenvalue weighted by Crippen LogP contribution is -2.00. The van der Waals surface area contributed by atoms with Gasteiger partial charge in [-0.15, -0.1) is 11.6 Å². The highest BCUT2D eigenvalue weighted by molar-refractivity contribution is 6.43. The Hall–Kier alpha value is -0.770. The van der Waals surface area contributed by atoms with Crippen LogP contribution in [-0.4, -0.2) is 28.2 Å². The molecule has 0 heterocycles. The highest BCUT2D eigenvalue weighted by atomic mass is 35.5. The van der Waals surface area contributed by atoms with Gasteiger partial charge in [0.1, 0.15) is 5.71 Å². The van der Waals surface area contributed by atoms with E-state index in [4.69, 9.17) is 22.0 Å². The van der Waals surface area contributed by atoms with Crippen molar-refractivity contribution in [3.8, 4) is 0 Å². The Labute approximate surface area is 51.1 Å². The molecule has 0 bridgehead atoms. The van der Waals surface area contributed by atoms with Crippen LogP contribution in [0.3, 0.4) is 0 Å². The highest BCUT2D eigenvalue weighted by Gasteiger charge is 1.89. The maximum absolute atomic E-state index is 7.96. The second-order valence-corrected chi connectivity index (χ2v) is 1.24. The van der Waals surface area contributed by atoms with Crippen molar-refractivity contribution < 1.29 is 10.4 Å². The molecule has 0 aromatic carbocycles. The Morgan fingerprint density at radius 3 is 2.38 bits per heavy atom. The number of oxime groups is 2. The molecule has 0 atom stereocenters. The van der Waals surface area contributed by atoms with Crippen LogP contribution in [0.2, 0.25) is 0 Å². The average molecular weight is 137 g/mol. The lowest BCUT2D eigenvalue weighted by Gasteiger charge is -1.83. The molecule has 0 unspecified atom stereocenters. The van der Waals surface area contributed by atoms with Gasteiger partial charge in [0.2, 0.25) is 0 Å². The first-order chi connectivity index (χ1) is 3.85. The first-order valence-corrected chi connectivity index (χ1v) is 2.33. The molecule has 0 aliphatic carbocycles. The normalized spacial score (nSPS) is 12.9. The SMILES string of the molecule is O/N=C\C(CCl)=N/O. The highest BCUT2D eigenvalue weighted by Crippen LogP contribution is 1.77. The molecule has 46 valence electrons. The number of hydrogen-bond donors (Lipinski definition) is 2. The fourth-order valence-corrected chi connectivity index (χ4v) is 0.276. The number of nitrogens with zero attached hydrogens (tertiary/aromatic N) is 2. The summed E-state index contributed by atoms with van der Waals surface area (Å²) < 4.78 is 0. The van der Waals surface area contributed by atoms with Gasteiger partial charge in [-0.1, -0.05) is 10.3 Å². The fraction of sp³-hybridized carbons (Fsp3) is 0.333. The van der Waals surface area contributed by atoms with Crippen molar-refractivity contribution >= 4 is 23.5 Å². The summed E-state index contributed by atoms with van der Waals surface area (Å²) in [5, 5.41) is 21.0. The molecular weight excluding hydrogens is 131 g/mol. The third-order valence-electron chi connectivity index (χ3n) is 0.472. The molecule has 0 fully saturated rings. The fourth-order valence-electron chi connectivity index (χ4n) is 0.154. The minimum Gasteiger partial charge on any atom is -0.411 e. The summed E-state index contributed by atoms with van der Waals surface area (Å²) in [5.74, 6) is 0.0283. The van der Waals surface area contributed by atoms with Crippen molar-refractivity contribution in [2.45, 2.75) is 0 Å². The minimum atomic E-state index is 0.0283. The largest absolute Gasteiger partial charge is 0.411 e. The summed E-state index contributed by atoms with van der Waals surface area (Å²) in [4.78, 5) is 0. The molecule has 0 aliphatic rings. The van der Waals surface area contributed by atoms with E-state index in [1.807, 2.05) is 0 Å². The monoisotopic (exact) mass is 136 g/mol. The van der Waals surface area contributed by atoms with Crippen molar-refractivity contribution in [3.63, 3.8) is 0 Å². The predicted molar refractivity (Wildman–Crippen MR) is 30.2 cm³/mol. The Kier molecular flexibility index (Phi) is 3.97. The molecule has 2 N–H and O–H groups in total. The topological polar surface area (TPSA) is 65.2 Å². The van der Waals surface area contributed by atoms with E-state index >= 15 is 0 Å². The number of rotatable bonds is 2. The van der Waals surface area contributed by atoms with Crippen molar-refractivity contribution in [3.05, 3.63) is 0 Å². The Morgan fingerprint density at radius 2 is 2.25 bits per heavy atom. The summed E-state index contributed by atoms with van der Waals surface area (Å²) in [6, 6.07) is 0. The van der Waals surface area contributed by atoms with Crippen molar-refractivity contribution in [2.75, 3.05) is 5.88 Å². The molecular formula is C3H5ClN2O2. The zero-order chi connectivity index (χ0) is 6.41. The van der Waals surface area contributed by atoms with E-state index in [2.05, 4.69) is 10.3 Å². The van der Waals surface area contributed by atoms with E-state index in [0.29, 0.717) is 0 Å². The molecule has 0 rings (SSSR count). The van der Waals surface area contributed by atoms with Crippen LogP contribution in [0.4, 0.5) is 0 Å². The molecule has 0 amide bonds. The van der Waals surface area contributed by atoms with E-state index in [9.17, 15) is 0 Å². The van der Waals surface area contributed by atoms with Crippen molar-refractivity contribution in [1.29, 1.82) is 0 Å². The van der Waals surface area contributed by atoms with Crippen LogP contribution in [-0.2, 0) is 0 Å². The number of hydrogen-bond acceptors (Lipinski definition) is 4. The van der Waals surface area contributed by atoms with Gasteiger partial charge in [0, 0.05) is 0 Å². The Bertz CT molecular complexity index is 109. The van der Waals surface area contributed by atoms with Crippen LogP contribution in [0.15, 0.2) is 10.3 Å². The zero-order valence-electron chi connectivity index (χ0n) is 3.95. The lowest BCUT2D eigenvalue weighted by atomic mass is 10.5. The maximum atomic E-state index is 7.96. The predicted octanol–water partition coefficient (Wildman–Crippen LogP) is 0.515. The third-order valence-corrected chi connectivity index (χ3v) is 0.746. The van der Waals surface area contributed by atoms with Gasteiger partial charge < -0.3 is 10.4 Å². The van der Waals surface area contributed by atoms with Gasteiger partial charge in [0.25, 0.3) is 0 Å². The smallest absolute Gasteiger partial charge is 0.116 e. The van der Waals surface area contributed by atoms with E-state index in [1.54, 1.807) is 0 Å². The standard InChI is InChI=1S/C3H5ClN2O2/c4-1-3(6-8)2-5-7/h2,7-8H,1H2/b5-2-,6-3-. The molecule has 8 heavy (non-hydrogen) atoms. The molecule has 0 spiro atoms. The van der Waals surface area contributed by atoms with Gasteiger partial charge in [0.05, 0.1) is 12.1 Å². The van der Waals surface area contributed by atoms with Gasteiger partial charge in [-0.25, -0.2) is 0 Å². The second-order valence-electron chi connectivity index (χ2n) is 0.970. The van der Waals surface area contributed by atoms with Crippen LogP contribution in [0.1, 0.15) is 0 Å². The number of halogens is 1. The summed E-state index contributed by atoms with van der Waals surface area (Å²) in [6.45, 7) is 0. The van der Waals surface area contributed by atoms with Gasteiger partial charge in [-0.05, 0) is 0 Å². The molecule has 0 aliphatic heterocycles. The van der Waals surface area contributed by atoms with Gasteiger partial charge in [-0.2, -0.15) is 0 Å². The molecule has 4 nitrogen and oxygen atoms in total. The second kappa shape index (κ2) is 4.39. The molecule has 0 saturated heterocycles. The van der Waals surface area contributed by atoms with Gasteiger partial charge in [0.15, 0.2) is 0 Å². The van der Waals surface area contributed by atoms with E-state index in [1.165, 1.54) is 0 Å². The van der Waals surface area contributed by atoms with Crippen LogP contribution >= 0.6 is 11.6 Å². The first-order valence-electron chi connectivity index (χ1n) is 1.79. The Balaban J connectivity index is 3.72. The third kappa shape index (κ3) is 2.41. The summed E-state index contributed by atoms with van der Waals surface area (Å²) >= 11 is 5.15. The molecule has 5 heteroatoms. The van der Waals surface area contributed by atoms with Gasteiger partial charge in [-0.3, -0.25) is 0 Å². The van der Waals surface area contributed by atoms with Crippen LogP contribution in [0.5, 0.6) is 0 Å². The molecule has 0 aromatic rings. The quantitative estimate of drug-likeness (QED) is 0.252. The Morgan fingerprint density at radius 1 is 1.62 bits per heavy atom. The molecule has 0 radical (unpaired) electrons. The average Bonchev–Trinajstić information content (AvgIpc) is 1.83. The van der Waals surface area contributed by atoms with Crippen LogP contribution in [0.25, 0.3) is 0 Å². The minimum absolute atomic E-state index is 0.0283. The van der Waals surface area contributed by atoms with Crippen LogP contribution in [0, 0.1) is 0 Å². The molecule has 0 aromatic heterocycles. The van der Waals surface area contributed by atoms with Gasteiger partial charge >= 0.3 is 0 Å². The van der Waals surface area contributed by atoms with Crippen LogP contribution < -0.4 is 0 Å². The lowest BCUT2D eigenvalue weighted by molar-refractivity contribution is 0.315. The van der Waals surface area contributed by atoms with E-state index < -0.39 is 0 Å².